The Hall–Kier alpha value is -1.85. The van der Waals surface area contributed by atoms with Crippen molar-refractivity contribution < 1.29 is 14.7 Å². The van der Waals surface area contributed by atoms with Crippen molar-refractivity contribution in [2.45, 2.75) is 25.9 Å². The maximum Gasteiger partial charge on any atom is 0.319 e. The lowest BCUT2D eigenvalue weighted by Gasteiger charge is -2.29. The van der Waals surface area contributed by atoms with Crippen molar-refractivity contribution in [2.24, 2.45) is 5.41 Å². The summed E-state index contributed by atoms with van der Waals surface area (Å²) in [6.07, 6.45) is 4.51. The number of carboxylic acid groups (broad SMARTS) is 1. The summed E-state index contributed by atoms with van der Waals surface area (Å²) in [5.74, 6) is -0.415. The van der Waals surface area contributed by atoms with Crippen molar-refractivity contribution >= 4 is 11.9 Å². The summed E-state index contributed by atoms with van der Waals surface area (Å²) >= 11 is 0. The van der Waals surface area contributed by atoms with Crippen LogP contribution in [-0.4, -0.2) is 38.0 Å². The molecule has 1 amide bonds. The maximum absolute atomic E-state index is 12.2. The Morgan fingerprint density at radius 1 is 1.35 bits per heavy atom. The van der Waals surface area contributed by atoms with Gasteiger partial charge in [0.05, 0.1) is 6.54 Å². The van der Waals surface area contributed by atoms with Crippen LogP contribution in [0.2, 0.25) is 0 Å². The zero-order chi connectivity index (χ0) is 12.0. The number of aromatic nitrogens is 2. The average Bonchev–Trinajstić information content (AvgIpc) is 3.00. The second-order valence-electron chi connectivity index (χ2n) is 4.65. The van der Waals surface area contributed by atoms with Gasteiger partial charge in [0.2, 0.25) is 5.91 Å². The van der Waals surface area contributed by atoms with Crippen molar-refractivity contribution in [3.8, 4) is 0 Å². The molecule has 1 aliphatic carbocycles. The molecule has 0 radical (unpaired) electrons. The number of carbonyl (C=O) groups excluding carboxylic acids is 1. The molecule has 0 bridgehead atoms. The molecule has 2 heterocycles. The highest BCUT2D eigenvalue weighted by atomic mass is 16.4. The van der Waals surface area contributed by atoms with Crippen LogP contribution in [0.3, 0.4) is 0 Å². The van der Waals surface area contributed by atoms with Gasteiger partial charge in [0.1, 0.15) is 11.2 Å². The molecule has 17 heavy (non-hydrogen) atoms. The van der Waals surface area contributed by atoms with E-state index < -0.39 is 11.4 Å². The Bertz CT molecular complexity index is 490. The molecule has 1 N–H and O–H groups in total. The lowest BCUT2D eigenvalue weighted by molar-refractivity contribution is -0.154. The highest BCUT2D eigenvalue weighted by Gasteiger charge is 2.58. The zero-order valence-electron chi connectivity index (χ0n) is 9.30. The predicted octanol–water partition coefficient (Wildman–Crippen LogP) is 0.0901. The average molecular weight is 235 g/mol. The molecular weight excluding hydrogens is 222 g/mol. The van der Waals surface area contributed by atoms with E-state index in [0.29, 0.717) is 32.5 Å². The van der Waals surface area contributed by atoms with E-state index in [1.165, 1.54) is 0 Å². The van der Waals surface area contributed by atoms with Gasteiger partial charge in [-0.3, -0.25) is 9.59 Å². The summed E-state index contributed by atoms with van der Waals surface area (Å²) in [7, 11) is 0. The number of carboxylic acids is 1. The van der Waals surface area contributed by atoms with Crippen LogP contribution in [0.4, 0.5) is 0 Å². The molecule has 0 saturated heterocycles. The number of hydrogen-bond acceptors (Lipinski definition) is 3. The Morgan fingerprint density at radius 2 is 2.12 bits per heavy atom. The topological polar surface area (TPSA) is 75.4 Å². The molecule has 1 aromatic heterocycles. The normalized spacial score (nSPS) is 20.8. The summed E-state index contributed by atoms with van der Waals surface area (Å²) in [4.78, 5) is 29.0. The Kier molecular flexibility index (Phi) is 2.01. The van der Waals surface area contributed by atoms with Crippen LogP contribution in [0, 0.1) is 5.41 Å². The minimum absolute atomic E-state index is 0.251. The lowest BCUT2D eigenvalue weighted by Crippen LogP contribution is -2.44. The molecule has 2 aliphatic rings. The third kappa shape index (κ3) is 1.44. The lowest BCUT2D eigenvalue weighted by atomic mass is 10.1. The van der Waals surface area contributed by atoms with Crippen molar-refractivity contribution in [1.82, 2.24) is 14.5 Å². The molecule has 6 heteroatoms. The van der Waals surface area contributed by atoms with Gasteiger partial charge in [0.25, 0.3) is 0 Å². The van der Waals surface area contributed by atoms with Crippen LogP contribution in [0.1, 0.15) is 18.7 Å². The van der Waals surface area contributed by atoms with E-state index in [0.717, 1.165) is 5.82 Å². The number of fused-ring (bicyclic) bond motifs is 1. The first-order valence-corrected chi connectivity index (χ1v) is 5.66. The largest absolute Gasteiger partial charge is 0.480 e. The van der Waals surface area contributed by atoms with Crippen LogP contribution in [0.25, 0.3) is 0 Å². The van der Waals surface area contributed by atoms with Crippen LogP contribution in [0.15, 0.2) is 12.4 Å². The van der Waals surface area contributed by atoms with Gasteiger partial charge in [-0.05, 0) is 12.8 Å². The standard InChI is InChI=1S/C11H13N3O3/c15-9(11(1-2-11)10(16)17)14-6-5-13-4-3-12-8(13)7-14/h3-4H,1-2,5-7H2,(H,16,17). The van der Waals surface area contributed by atoms with Gasteiger partial charge < -0.3 is 14.6 Å². The molecule has 1 fully saturated rings. The first-order chi connectivity index (χ1) is 8.13. The van der Waals surface area contributed by atoms with Crippen molar-refractivity contribution in [2.75, 3.05) is 6.54 Å². The summed E-state index contributed by atoms with van der Waals surface area (Å²) in [6.45, 7) is 1.68. The fraction of sp³-hybridized carbons (Fsp3) is 0.545. The summed E-state index contributed by atoms with van der Waals surface area (Å²) in [5, 5.41) is 9.09. The van der Waals surface area contributed by atoms with Gasteiger partial charge in [0.15, 0.2) is 0 Å². The predicted molar refractivity (Wildman–Crippen MR) is 56.9 cm³/mol. The Balaban J connectivity index is 1.79. The van der Waals surface area contributed by atoms with Crippen molar-refractivity contribution in [3.63, 3.8) is 0 Å². The number of imidazole rings is 1. The van der Waals surface area contributed by atoms with Gasteiger partial charge in [-0.15, -0.1) is 0 Å². The zero-order valence-corrected chi connectivity index (χ0v) is 9.30. The Labute approximate surface area is 97.9 Å². The van der Waals surface area contributed by atoms with E-state index in [4.69, 9.17) is 5.11 Å². The SMILES string of the molecule is O=C(O)C1(C(=O)N2CCn3ccnc3C2)CC1. The highest BCUT2D eigenvalue weighted by Crippen LogP contribution is 2.47. The molecule has 0 aromatic carbocycles. The first-order valence-electron chi connectivity index (χ1n) is 5.66. The first kappa shape index (κ1) is 10.3. The molecule has 6 nitrogen and oxygen atoms in total. The Morgan fingerprint density at radius 3 is 2.76 bits per heavy atom. The van der Waals surface area contributed by atoms with Crippen molar-refractivity contribution in [3.05, 3.63) is 18.2 Å². The molecule has 90 valence electrons. The number of hydrogen-bond donors (Lipinski definition) is 1. The fourth-order valence-electron chi connectivity index (χ4n) is 2.29. The fourth-order valence-corrected chi connectivity index (χ4v) is 2.29. The van der Waals surface area contributed by atoms with Gasteiger partial charge >= 0.3 is 5.97 Å². The molecular formula is C11H13N3O3. The number of carbonyl (C=O) groups is 2. The van der Waals surface area contributed by atoms with Crippen molar-refractivity contribution in [1.29, 1.82) is 0 Å². The number of amides is 1. The number of nitrogens with zero attached hydrogens (tertiary/aromatic N) is 3. The van der Waals surface area contributed by atoms with Crippen LogP contribution in [-0.2, 0) is 22.7 Å². The quantitative estimate of drug-likeness (QED) is 0.737. The van der Waals surface area contributed by atoms with Crippen LogP contribution < -0.4 is 0 Å². The van der Waals surface area contributed by atoms with Gasteiger partial charge in [-0.25, -0.2) is 4.98 Å². The number of aliphatic carboxylic acids is 1. The molecule has 1 aromatic rings. The highest BCUT2D eigenvalue weighted by molar-refractivity contribution is 6.04. The summed E-state index contributed by atoms with van der Waals surface area (Å²) in [5.41, 5.74) is -1.13. The monoisotopic (exact) mass is 235 g/mol. The van der Waals surface area contributed by atoms with E-state index in [-0.39, 0.29) is 5.91 Å². The minimum atomic E-state index is -1.13. The summed E-state index contributed by atoms with van der Waals surface area (Å²) < 4.78 is 1.99. The molecule has 0 spiro atoms. The van der Waals surface area contributed by atoms with E-state index in [9.17, 15) is 9.59 Å². The van der Waals surface area contributed by atoms with E-state index in [1.54, 1.807) is 11.1 Å². The molecule has 0 atom stereocenters. The molecule has 1 aliphatic heterocycles. The third-order valence-corrected chi connectivity index (χ3v) is 3.60. The van der Waals surface area contributed by atoms with Gasteiger partial charge in [0, 0.05) is 25.5 Å². The van der Waals surface area contributed by atoms with Crippen LogP contribution in [0.5, 0.6) is 0 Å². The third-order valence-electron chi connectivity index (χ3n) is 3.60. The van der Waals surface area contributed by atoms with E-state index in [1.807, 2.05) is 10.8 Å². The van der Waals surface area contributed by atoms with Crippen LogP contribution >= 0.6 is 0 Å². The molecule has 1 saturated carbocycles. The van der Waals surface area contributed by atoms with E-state index >= 15 is 0 Å². The second-order valence-corrected chi connectivity index (χ2v) is 4.65. The molecule has 0 unspecified atom stereocenters. The number of rotatable bonds is 2. The smallest absolute Gasteiger partial charge is 0.319 e. The van der Waals surface area contributed by atoms with Gasteiger partial charge in [-0.2, -0.15) is 0 Å². The van der Waals surface area contributed by atoms with E-state index in [2.05, 4.69) is 4.98 Å². The second kappa shape index (κ2) is 3.32. The van der Waals surface area contributed by atoms with Gasteiger partial charge in [-0.1, -0.05) is 0 Å². The summed E-state index contributed by atoms with van der Waals surface area (Å²) in [6, 6.07) is 0. The maximum atomic E-state index is 12.2. The molecule has 3 rings (SSSR count). The minimum Gasteiger partial charge on any atom is -0.480 e.